The van der Waals surface area contributed by atoms with Crippen molar-refractivity contribution in [3.63, 3.8) is 0 Å². The van der Waals surface area contributed by atoms with E-state index in [9.17, 15) is 0 Å². The van der Waals surface area contributed by atoms with Crippen molar-refractivity contribution in [3.05, 3.63) is 68.8 Å². The topological polar surface area (TPSA) is 90.4 Å². The van der Waals surface area contributed by atoms with Crippen LogP contribution in [0.1, 0.15) is 23.9 Å². The average molecular weight is 351 g/mol. The molecule has 1 heterocycles. The lowest BCUT2D eigenvalue weighted by atomic mass is 10.1. The molecular weight excluding hydrogens is 336 g/mol. The number of nitrogens with zero attached hydrogens (tertiary/aromatic N) is 6. The van der Waals surface area contributed by atoms with Crippen molar-refractivity contribution in [3.8, 4) is 11.8 Å². The summed E-state index contributed by atoms with van der Waals surface area (Å²) < 4.78 is 2.06. The monoisotopic (exact) mass is 350 g/mol. The van der Waals surface area contributed by atoms with Gasteiger partial charge >= 0.3 is 0 Å². The Morgan fingerprint density at radius 3 is 2.72 bits per heavy atom. The van der Waals surface area contributed by atoms with Crippen LogP contribution in [0, 0.1) is 11.3 Å². The zero-order chi connectivity index (χ0) is 17.8. The Labute approximate surface area is 149 Å². The highest BCUT2D eigenvalue weighted by atomic mass is 35.5. The van der Waals surface area contributed by atoms with E-state index >= 15 is 0 Å². The number of azide groups is 1. The highest BCUT2D eigenvalue weighted by molar-refractivity contribution is 6.32. The lowest BCUT2D eigenvalue weighted by molar-refractivity contribution is 0.905. The molecule has 124 valence electrons. The van der Waals surface area contributed by atoms with E-state index in [1.807, 2.05) is 31.2 Å². The summed E-state index contributed by atoms with van der Waals surface area (Å²) in [6.07, 6.45) is 1.46. The molecule has 0 atom stereocenters. The van der Waals surface area contributed by atoms with Gasteiger partial charge in [-0.3, -0.25) is 4.57 Å². The molecule has 3 aromatic rings. The Kier molecular flexibility index (Phi) is 4.90. The highest BCUT2D eigenvalue weighted by Crippen LogP contribution is 2.27. The summed E-state index contributed by atoms with van der Waals surface area (Å²) in [6.45, 7) is 2.48. The summed E-state index contributed by atoms with van der Waals surface area (Å²) >= 11 is 6.21. The Morgan fingerprint density at radius 1 is 1.32 bits per heavy atom. The number of hydrogen-bond acceptors (Lipinski definition) is 3. The fourth-order valence-electron chi connectivity index (χ4n) is 2.79. The van der Waals surface area contributed by atoms with E-state index in [4.69, 9.17) is 22.4 Å². The van der Waals surface area contributed by atoms with Crippen LogP contribution in [0.4, 0.5) is 0 Å². The molecule has 0 N–H and O–H groups in total. The minimum Gasteiger partial charge on any atom is -0.296 e. The highest BCUT2D eigenvalue weighted by Gasteiger charge is 2.14. The van der Waals surface area contributed by atoms with Crippen LogP contribution < -0.4 is 0 Å². The molecule has 0 aliphatic heterocycles. The molecule has 3 rings (SSSR count). The second-order valence-electron chi connectivity index (χ2n) is 5.52. The number of fused-ring (bicyclic) bond motifs is 1. The first-order chi connectivity index (χ1) is 12.2. The number of benzene rings is 2. The van der Waals surface area contributed by atoms with Crippen molar-refractivity contribution in [2.45, 2.75) is 19.8 Å². The third-order valence-electron chi connectivity index (χ3n) is 4.01. The molecule has 0 spiro atoms. The van der Waals surface area contributed by atoms with Crippen molar-refractivity contribution in [2.24, 2.45) is 5.11 Å². The fraction of sp³-hybridized carbons (Fsp3) is 0.222. The summed E-state index contributed by atoms with van der Waals surface area (Å²) in [5, 5.41) is 13.1. The standard InChI is InChI=1S/C18H15ClN6/c1-2-18-23-16-9-13(11-20)15(19)10-17(16)25(18)14-5-3-12(4-6-14)7-8-22-24-21/h3-6,9-10H,2,7-8H2,1H3. The van der Waals surface area contributed by atoms with Crippen molar-refractivity contribution in [1.82, 2.24) is 9.55 Å². The number of rotatable bonds is 5. The largest absolute Gasteiger partial charge is 0.296 e. The van der Waals surface area contributed by atoms with Crippen LogP contribution in [-0.4, -0.2) is 16.1 Å². The van der Waals surface area contributed by atoms with Gasteiger partial charge in [-0.25, -0.2) is 4.98 Å². The maximum atomic E-state index is 9.15. The summed E-state index contributed by atoms with van der Waals surface area (Å²) in [5.74, 6) is 0.906. The van der Waals surface area contributed by atoms with Crippen LogP contribution in [0.3, 0.4) is 0 Å². The zero-order valence-corrected chi connectivity index (χ0v) is 14.4. The van der Waals surface area contributed by atoms with Gasteiger partial charge in [0.1, 0.15) is 11.9 Å². The van der Waals surface area contributed by atoms with Gasteiger partial charge in [0.2, 0.25) is 0 Å². The Bertz CT molecular complexity index is 1010. The molecule has 0 bridgehead atoms. The van der Waals surface area contributed by atoms with E-state index in [0.29, 0.717) is 23.6 Å². The van der Waals surface area contributed by atoms with E-state index < -0.39 is 0 Å². The third kappa shape index (κ3) is 3.29. The minimum absolute atomic E-state index is 0.421. The SMILES string of the molecule is CCc1nc2cc(C#N)c(Cl)cc2n1-c1ccc(CCN=[N+]=[N-])cc1. The van der Waals surface area contributed by atoms with E-state index in [1.54, 1.807) is 12.1 Å². The van der Waals surface area contributed by atoms with Crippen LogP contribution >= 0.6 is 11.6 Å². The van der Waals surface area contributed by atoms with E-state index in [0.717, 1.165) is 34.5 Å². The number of halogens is 1. The number of hydrogen-bond donors (Lipinski definition) is 0. The molecule has 0 radical (unpaired) electrons. The second kappa shape index (κ2) is 7.27. The normalized spacial score (nSPS) is 10.4. The lowest BCUT2D eigenvalue weighted by Crippen LogP contribution is -2.00. The van der Waals surface area contributed by atoms with Gasteiger partial charge in [-0.05, 0) is 41.8 Å². The second-order valence-corrected chi connectivity index (χ2v) is 5.93. The minimum atomic E-state index is 0.421. The fourth-order valence-corrected chi connectivity index (χ4v) is 2.99. The molecule has 6 nitrogen and oxygen atoms in total. The molecule has 0 saturated carbocycles. The predicted molar refractivity (Wildman–Crippen MR) is 97.9 cm³/mol. The first-order valence-corrected chi connectivity index (χ1v) is 8.27. The Morgan fingerprint density at radius 2 is 2.08 bits per heavy atom. The zero-order valence-electron chi connectivity index (χ0n) is 13.6. The molecule has 0 fully saturated rings. The van der Waals surface area contributed by atoms with Gasteiger partial charge in [-0.15, -0.1) is 0 Å². The summed E-state index contributed by atoms with van der Waals surface area (Å²) in [7, 11) is 0. The van der Waals surface area contributed by atoms with Gasteiger partial charge in [0, 0.05) is 23.6 Å². The van der Waals surface area contributed by atoms with Crippen molar-refractivity contribution in [2.75, 3.05) is 6.54 Å². The molecule has 2 aromatic carbocycles. The van der Waals surface area contributed by atoms with Gasteiger partial charge < -0.3 is 0 Å². The van der Waals surface area contributed by atoms with Gasteiger partial charge in [0.25, 0.3) is 0 Å². The van der Waals surface area contributed by atoms with Crippen LogP contribution in [0.25, 0.3) is 27.2 Å². The summed E-state index contributed by atoms with van der Waals surface area (Å²) in [4.78, 5) is 7.40. The number of aryl methyl sites for hydroxylation is 1. The van der Waals surface area contributed by atoms with Crippen molar-refractivity contribution in [1.29, 1.82) is 5.26 Å². The molecule has 1 aromatic heterocycles. The van der Waals surface area contributed by atoms with Crippen LogP contribution in [0.5, 0.6) is 0 Å². The van der Waals surface area contributed by atoms with Gasteiger partial charge in [0.05, 0.1) is 21.6 Å². The molecular formula is C18H15ClN6. The first kappa shape index (κ1) is 16.8. The maximum Gasteiger partial charge on any atom is 0.114 e. The maximum absolute atomic E-state index is 9.15. The molecule has 0 aliphatic rings. The van der Waals surface area contributed by atoms with E-state index in [1.165, 1.54) is 0 Å². The quantitative estimate of drug-likeness (QED) is 0.369. The van der Waals surface area contributed by atoms with Crippen LogP contribution in [0.2, 0.25) is 5.02 Å². The lowest BCUT2D eigenvalue weighted by Gasteiger charge is -2.09. The summed E-state index contributed by atoms with van der Waals surface area (Å²) in [6, 6.07) is 13.7. The van der Waals surface area contributed by atoms with Crippen molar-refractivity contribution < 1.29 is 0 Å². The Balaban J connectivity index is 2.06. The van der Waals surface area contributed by atoms with E-state index in [2.05, 4.69) is 25.6 Å². The molecule has 0 amide bonds. The first-order valence-electron chi connectivity index (χ1n) is 7.89. The van der Waals surface area contributed by atoms with Crippen LogP contribution in [-0.2, 0) is 12.8 Å². The molecule has 0 unspecified atom stereocenters. The van der Waals surface area contributed by atoms with Gasteiger partial charge in [-0.2, -0.15) is 5.26 Å². The molecule has 7 heteroatoms. The smallest absolute Gasteiger partial charge is 0.114 e. The third-order valence-corrected chi connectivity index (χ3v) is 4.32. The number of aromatic nitrogens is 2. The van der Waals surface area contributed by atoms with Gasteiger partial charge in [-0.1, -0.05) is 35.8 Å². The number of imidazole rings is 1. The molecule has 25 heavy (non-hydrogen) atoms. The Hall–Kier alpha value is -3.00. The van der Waals surface area contributed by atoms with E-state index in [-0.39, 0.29) is 0 Å². The number of nitriles is 1. The average Bonchev–Trinajstić information content (AvgIpc) is 2.99. The van der Waals surface area contributed by atoms with Crippen molar-refractivity contribution >= 4 is 22.6 Å². The van der Waals surface area contributed by atoms with Gasteiger partial charge in [0.15, 0.2) is 0 Å². The summed E-state index contributed by atoms with van der Waals surface area (Å²) in [5.41, 5.74) is 12.5. The van der Waals surface area contributed by atoms with Crippen LogP contribution in [0.15, 0.2) is 41.5 Å². The molecule has 0 aliphatic carbocycles. The molecule has 0 saturated heterocycles. The predicted octanol–water partition coefficient (Wildman–Crippen LogP) is 4.97.